The standard InChI is InChI=1S/C16H23IN4O/c1-11(2)4-5-21-13-8-12(3)9-18-15(13)20-7-6-19(17)10-14(20)16(21)22/h8-9,11,14H,4-7,10H2,1-3H3/t14-/m0/s1. The van der Waals surface area contributed by atoms with E-state index in [9.17, 15) is 4.79 Å². The molecule has 120 valence electrons. The smallest absolute Gasteiger partial charge is 0.251 e. The van der Waals surface area contributed by atoms with Crippen LogP contribution in [0.5, 0.6) is 0 Å². The largest absolute Gasteiger partial charge is 0.340 e. The quantitative estimate of drug-likeness (QED) is 0.563. The van der Waals surface area contributed by atoms with E-state index >= 15 is 0 Å². The lowest BCUT2D eigenvalue weighted by Crippen LogP contribution is -2.61. The molecule has 0 aromatic carbocycles. The molecular formula is C16H23IN4O. The van der Waals surface area contributed by atoms with E-state index in [0.29, 0.717) is 5.92 Å². The molecule has 0 spiro atoms. The third-order valence-corrected chi connectivity index (χ3v) is 5.24. The van der Waals surface area contributed by atoms with Crippen LogP contribution in [-0.4, -0.2) is 46.2 Å². The van der Waals surface area contributed by atoms with Gasteiger partial charge < -0.3 is 9.80 Å². The van der Waals surface area contributed by atoms with Gasteiger partial charge in [0, 0.05) is 55.2 Å². The number of nitrogens with zero attached hydrogens (tertiary/aromatic N) is 4. The van der Waals surface area contributed by atoms with Crippen LogP contribution in [-0.2, 0) is 4.79 Å². The zero-order valence-corrected chi connectivity index (χ0v) is 15.6. The maximum absolute atomic E-state index is 13.0. The van der Waals surface area contributed by atoms with Crippen LogP contribution in [0.25, 0.3) is 0 Å². The Morgan fingerprint density at radius 2 is 2.18 bits per heavy atom. The van der Waals surface area contributed by atoms with E-state index in [1.165, 1.54) is 0 Å². The Bertz CT molecular complexity index is 577. The Morgan fingerprint density at radius 1 is 1.41 bits per heavy atom. The summed E-state index contributed by atoms with van der Waals surface area (Å²) in [7, 11) is 0. The highest BCUT2D eigenvalue weighted by Crippen LogP contribution is 2.37. The van der Waals surface area contributed by atoms with Gasteiger partial charge in [0.25, 0.3) is 5.91 Å². The predicted molar refractivity (Wildman–Crippen MR) is 97.5 cm³/mol. The van der Waals surface area contributed by atoms with E-state index in [2.05, 4.69) is 55.8 Å². The summed E-state index contributed by atoms with van der Waals surface area (Å²) in [5.74, 6) is 1.78. The summed E-state index contributed by atoms with van der Waals surface area (Å²) in [4.78, 5) is 21.8. The molecule has 6 heteroatoms. The Kier molecular flexibility index (Phi) is 4.59. The van der Waals surface area contributed by atoms with Crippen LogP contribution in [0, 0.1) is 12.8 Å². The lowest BCUT2D eigenvalue weighted by molar-refractivity contribution is -0.120. The average molecular weight is 414 g/mol. The fourth-order valence-corrected chi connectivity index (χ4v) is 3.69. The van der Waals surface area contributed by atoms with E-state index in [1.54, 1.807) is 0 Å². The summed E-state index contributed by atoms with van der Waals surface area (Å²) in [5.41, 5.74) is 2.09. The average Bonchev–Trinajstić information content (AvgIpc) is 2.47. The molecular weight excluding hydrogens is 391 g/mol. The van der Waals surface area contributed by atoms with Gasteiger partial charge in [0.05, 0.1) is 5.69 Å². The molecule has 1 aromatic rings. The number of fused-ring (bicyclic) bond motifs is 3. The first-order valence-corrected chi connectivity index (χ1v) is 8.89. The third-order valence-electron chi connectivity index (χ3n) is 4.36. The molecule has 3 heterocycles. The van der Waals surface area contributed by atoms with Gasteiger partial charge >= 0.3 is 0 Å². The van der Waals surface area contributed by atoms with Crippen molar-refractivity contribution < 1.29 is 4.79 Å². The highest BCUT2D eigenvalue weighted by molar-refractivity contribution is 14.1. The minimum absolute atomic E-state index is 0.0967. The molecule has 1 atom stereocenters. The van der Waals surface area contributed by atoms with Crippen LogP contribution in [0.2, 0.25) is 0 Å². The first-order chi connectivity index (χ1) is 10.5. The summed E-state index contributed by atoms with van der Waals surface area (Å²) < 4.78 is 2.20. The number of aromatic nitrogens is 1. The van der Waals surface area contributed by atoms with Crippen LogP contribution < -0.4 is 9.80 Å². The number of aryl methyl sites for hydroxylation is 1. The van der Waals surface area contributed by atoms with Gasteiger partial charge in [-0.2, -0.15) is 0 Å². The number of carbonyl (C=O) groups is 1. The van der Waals surface area contributed by atoms with Gasteiger partial charge in [0.2, 0.25) is 0 Å². The molecule has 0 bridgehead atoms. The number of amides is 1. The molecule has 5 nitrogen and oxygen atoms in total. The summed E-state index contributed by atoms with van der Waals surface area (Å²) in [5, 5.41) is 0. The first-order valence-electron chi connectivity index (χ1n) is 7.92. The Hall–Kier alpha value is -0.890. The Balaban J connectivity index is 1.99. The number of anilines is 2. The van der Waals surface area contributed by atoms with Crippen molar-refractivity contribution in [1.29, 1.82) is 0 Å². The number of hydrogen-bond acceptors (Lipinski definition) is 4. The van der Waals surface area contributed by atoms with Crippen molar-refractivity contribution in [2.24, 2.45) is 5.92 Å². The monoisotopic (exact) mass is 414 g/mol. The molecule has 2 aliphatic heterocycles. The topological polar surface area (TPSA) is 39.7 Å². The molecule has 22 heavy (non-hydrogen) atoms. The van der Waals surface area contributed by atoms with Crippen molar-refractivity contribution in [2.75, 3.05) is 36.0 Å². The fraction of sp³-hybridized carbons (Fsp3) is 0.625. The van der Waals surface area contributed by atoms with Gasteiger partial charge in [-0.15, -0.1) is 0 Å². The van der Waals surface area contributed by atoms with Crippen LogP contribution in [0.3, 0.4) is 0 Å². The highest BCUT2D eigenvalue weighted by atomic mass is 127. The van der Waals surface area contributed by atoms with E-state index in [0.717, 1.165) is 49.7 Å². The summed E-state index contributed by atoms with van der Waals surface area (Å²) in [6.45, 7) is 9.80. The van der Waals surface area contributed by atoms with Gasteiger partial charge in [0.1, 0.15) is 6.04 Å². The van der Waals surface area contributed by atoms with E-state index in [1.807, 2.05) is 18.0 Å². The maximum Gasteiger partial charge on any atom is 0.251 e. The van der Waals surface area contributed by atoms with Gasteiger partial charge in [-0.3, -0.25) is 4.79 Å². The number of piperazine rings is 1. The van der Waals surface area contributed by atoms with Crippen molar-refractivity contribution in [2.45, 2.75) is 33.2 Å². The molecule has 2 aliphatic rings. The van der Waals surface area contributed by atoms with E-state index in [4.69, 9.17) is 0 Å². The molecule has 0 aliphatic carbocycles. The first kappa shape index (κ1) is 16.0. The van der Waals surface area contributed by atoms with Crippen molar-refractivity contribution >= 4 is 40.3 Å². The molecule has 0 saturated carbocycles. The lowest BCUT2D eigenvalue weighted by Gasteiger charge is -2.46. The normalized spacial score (nSPS) is 22.0. The molecule has 0 unspecified atom stereocenters. The second kappa shape index (κ2) is 6.31. The number of rotatable bonds is 3. The molecule has 1 saturated heterocycles. The van der Waals surface area contributed by atoms with Crippen molar-refractivity contribution in [3.05, 3.63) is 17.8 Å². The molecule has 1 amide bonds. The van der Waals surface area contributed by atoms with Crippen LogP contribution >= 0.6 is 22.9 Å². The molecule has 0 N–H and O–H groups in total. The minimum atomic E-state index is -0.0967. The fourth-order valence-electron chi connectivity index (χ4n) is 3.10. The van der Waals surface area contributed by atoms with E-state index in [-0.39, 0.29) is 11.9 Å². The number of pyridine rings is 1. The summed E-state index contributed by atoms with van der Waals surface area (Å²) in [6.07, 6.45) is 2.92. The van der Waals surface area contributed by atoms with Crippen molar-refractivity contribution in [1.82, 2.24) is 8.10 Å². The maximum atomic E-state index is 13.0. The zero-order chi connectivity index (χ0) is 15.9. The van der Waals surface area contributed by atoms with Crippen LogP contribution in [0.4, 0.5) is 11.5 Å². The Labute approximate surface area is 146 Å². The molecule has 1 aromatic heterocycles. The second-order valence-corrected chi connectivity index (χ2v) is 7.97. The number of carbonyl (C=O) groups excluding carboxylic acids is 1. The number of halogens is 1. The van der Waals surface area contributed by atoms with Crippen LogP contribution in [0.15, 0.2) is 12.3 Å². The zero-order valence-electron chi connectivity index (χ0n) is 13.4. The highest BCUT2D eigenvalue weighted by Gasteiger charge is 2.41. The number of hydrogen-bond donors (Lipinski definition) is 0. The Morgan fingerprint density at radius 3 is 2.91 bits per heavy atom. The molecule has 0 radical (unpaired) electrons. The molecule has 3 rings (SSSR count). The van der Waals surface area contributed by atoms with Crippen molar-refractivity contribution in [3.63, 3.8) is 0 Å². The lowest BCUT2D eigenvalue weighted by atomic mass is 10.0. The summed E-state index contributed by atoms with van der Waals surface area (Å²) >= 11 is 2.32. The van der Waals surface area contributed by atoms with Gasteiger partial charge in [-0.1, -0.05) is 13.8 Å². The second-order valence-electron chi connectivity index (χ2n) is 6.61. The SMILES string of the molecule is Cc1cnc2c(c1)N(CCC(C)C)C(=O)[C@@H]1CN(I)CCN21. The van der Waals surface area contributed by atoms with E-state index < -0.39 is 0 Å². The summed E-state index contributed by atoms with van der Waals surface area (Å²) in [6, 6.07) is 2.01. The third kappa shape index (κ3) is 2.95. The van der Waals surface area contributed by atoms with Gasteiger partial charge in [-0.25, -0.2) is 8.10 Å². The van der Waals surface area contributed by atoms with Gasteiger partial charge in [0.15, 0.2) is 5.82 Å². The minimum Gasteiger partial charge on any atom is -0.340 e. The molecule has 1 fully saturated rings. The van der Waals surface area contributed by atoms with Crippen molar-refractivity contribution in [3.8, 4) is 0 Å². The van der Waals surface area contributed by atoms with Crippen LogP contribution in [0.1, 0.15) is 25.8 Å². The van der Waals surface area contributed by atoms with Gasteiger partial charge in [-0.05, 0) is 30.9 Å². The predicted octanol–water partition coefficient (Wildman–Crippen LogP) is 2.62.